The van der Waals surface area contributed by atoms with Gasteiger partial charge in [-0.2, -0.15) is 0 Å². The molecule has 1 unspecified atom stereocenters. The quantitative estimate of drug-likeness (QED) is 0.773. The van der Waals surface area contributed by atoms with Crippen molar-refractivity contribution in [3.8, 4) is 5.75 Å². The summed E-state index contributed by atoms with van der Waals surface area (Å²) in [6, 6.07) is 8.96. The predicted molar refractivity (Wildman–Crippen MR) is 48.5 cm³/mol. The van der Waals surface area contributed by atoms with Crippen molar-refractivity contribution in [3.05, 3.63) is 30.3 Å². The molecule has 0 saturated heterocycles. The molecule has 1 aromatic rings. The minimum atomic E-state index is -1.67. The molecule has 0 heterocycles. The Morgan fingerprint density at radius 3 is 2.54 bits per heavy atom. The molecule has 2 nitrogen and oxygen atoms in total. The molecule has 0 saturated carbocycles. The maximum absolute atomic E-state index is 13.1. The van der Waals surface area contributed by atoms with Crippen LogP contribution in [0.1, 0.15) is 6.92 Å². The first-order valence-electron chi connectivity index (χ1n) is 4.12. The molecule has 1 atom stereocenters. The molecule has 0 bridgehead atoms. The number of alkyl halides is 1. The van der Waals surface area contributed by atoms with Gasteiger partial charge in [0.15, 0.2) is 5.67 Å². The summed E-state index contributed by atoms with van der Waals surface area (Å²) in [6.07, 6.45) is 0. The van der Waals surface area contributed by atoms with Gasteiger partial charge in [0.1, 0.15) is 12.4 Å². The summed E-state index contributed by atoms with van der Waals surface area (Å²) in [5, 5.41) is 8.62. The maximum atomic E-state index is 13.1. The molecule has 0 amide bonds. The Morgan fingerprint density at radius 2 is 2.00 bits per heavy atom. The number of aliphatic hydroxyl groups is 1. The van der Waals surface area contributed by atoms with Crippen molar-refractivity contribution < 1.29 is 14.2 Å². The van der Waals surface area contributed by atoms with Crippen LogP contribution < -0.4 is 4.74 Å². The van der Waals surface area contributed by atoms with Gasteiger partial charge in [-0.1, -0.05) is 18.2 Å². The van der Waals surface area contributed by atoms with E-state index in [2.05, 4.69) is 0 Å². The third kappa shape index (κ3) is 3.42. The molecule has 1 aromatic carbocycles. The van der Waals surface area contributed by atoms with Crippen LogP contribution >= 0.6 is 0 Å². The Labute approximate surface area is 77.0 Å². The van der Waals surface area contributed by atoms with E-state index in [1.807, 2.05) is 18.2 Å². The van der Waals surface area contributed by atoms with Crippen LogP contribution in [0.15, 0.2) is 30.3 Å². The van der Waals surface area contributed by atoms with Gasteiger partial charge in [-0.25, -0.2) is 4.39 Å². The van der Waals surface area contributed by atoms with Crippen LogP contribution in [0.2, 0.25) is 0 Å². The molecule has 1 rings (SSSR count). The van der Waals surface area contributed by atoms with Crippen molar-refractivity contribution in [1.29, 1.82) is 0 Å². The highest BCUT2D eigenvalue weighted by atomic mass is 19.1. The largest absolute Gasteiger partial charge is 0.490 e. The van der Waals surface area contributed by atoms with Gasteiger partial charge in [0.2, 0.25) is 0 Å². The highest BCUT2D eigenvalue weighted by Gasteiger charge is 2.22. The summed E-state index contributed by atoms with van der Waals surface area (Å²) in [6.45, 7) is 0.642. The van der Waals surface area contributed by atoms with E-state index in [1.54, 1.807) is 12.1 Å². The second kappa shape index (κ2) is 4.23. The minimum absolute atomic E-state index is 0.131. The average molecular weight is 184 g/mol. The van der Waals surface area contributed by atoms with Gasteiger partial charge in [0.25, 0.3) is 0 Å². The molecule has 0 fully saturated rings. The topological polar surface area (TPSA) is 29.5 Å². The minimum Gasteiger partial charge on any atom is -0.490 e. The summed E-state index contributed by atoms with van der Waals surface area (Å²) < 4.78 is 18.3. The summed E-state index contributed by atoms with van der Waals surface area (Å²) in [5.74, 6) is 0.611. The maximum Gasteiger partial charge on any atom is 0.164 e. The van der Waals surface area contributed by atoms with E-state index in [4.69, 9.17) is 9.84 Å². The third-order valence-corrected chi connectivity index (χ3v) is 1.61. The fraction of sp³-hybridized carbons (Fsp3) is 0.400. The molecule has 0 aromatic heterocycles. The monoisotopic (exact) mass is 184 g/mol. The van der Waals surface area contributed by atoms with Gasteiger partial charge >= 0.3 is 0 Å². The van der Waals surface area contributed by atoms with Gasteiger partial charge in [0.05, 0.1) is 6.61 Å². The Hall–Kier alpha value is -1.09. The lowest BCUT2D eigenvalue weighted by Gasteiger charge is -2.17. The SMILES string of the molecule is CC(F)(CO)COc1ccccc1. The van der Waals surface area contributed by atoms with Crippen LogP contribution in [-0.4, -0.2) is 24.0 Å². The first-order valence-corrected chi connectivity index (χ1v) is 4.12. The Kier molecular flexibility index (Phi) is 3.25. The molecule has 0 aliphatic carbocycles. The average Bonchev–Trinajstić information content (AvgIpc) is 2.17. The Bertz CT molecular complexity index is 246. The van der Waals surface area contributed by atoms with E-state index in [-0.39, 0.29) is 6.61 Å². The third-order valence-electron chi connectivity index (χ3n) is 1.61. The van der Waals surface area contributed by atoms with Crippen molar-refractivity contribution in [1.82, 2.24) is 0 Å². The zero-order chi connectivity index (χ0) is 9.73. The summed E-state index contributed by atoms with van der Waals surface area (Å²) in [4.78, 5) is 0. The summed E-state index contributed by atoms with van der Waals surface area (Å²) in [7, 11) is 0. The van der Waals surface area contributed by atoms with E-state index in [1.165, 1.54) is 6.92 Å². The number of benzene rings is 1. The molecule has 0 spiro atoms. The van der Waals surface area contributed by atoms with Crippen LogP contribution in [0.5, 0.6) is 5.75 Å². The van der Waals surface area contributed by atoms with Crippen molar-refractivity contribution >= 4 is 0 Å². The number of aliphatic hydroxyl groups excluding tert-OH is 1. The summed E-state index contributed by atoms with van der Waals surface area (Å²) in [5.41, 5.74) is -1.67. The van der Waals surface area contributed by atoms with Gasteiger partial charge in [-0.3, -0.25) is 0 Å². The van der Waals surface area contributed by atoms with Gasteiger partial charge in [-0.15, -0.1) is 0 Å². The number of hydrogen-bond acceptors (Lipinski definition) is 2. The van der Waals surface area contributed by atoms with Crippen LogP contribution in [-0.2, 0) is 0 Å². The fourth-order valence-electron chi connectivity index (χ4n) is 0.796. The number of halogens is 1. The van der Waals surface area contributed by atoms with E-state index in [9.17, 15) is 4.39 Å². The molecule has 3 heteroatoms. The van der Waals surface area contributed by atoms with E-state index >= 15 is 0 Å². The first kappa shape index (κ1) is 9.99. The summed E-state index contributed by atoms with van der Waals surface area (Å²) >= 11 is 0. The Balaban J connectivity index is 2.44. The number of rotatable bonds is 4. The van der Waals surface area contributed by atoms with Gasteiger partial charge in [-0.05, 0) is 19.1 Å². The molecule has 0 aliphatic heterocycles. The van der Waals surface area contributed by atoms with E-state index in [0.717, 1.165) is 0 Å². The molecule has 1 N–H and O–H groups in total. The second-order valence-electron chi connectivity index (χ2n) is 3.17. The standard InChI is InChI=1S/C10H13FO2/c1-10(11,7-12)8-13-9-5-3-2-4-6-9/h2-6,12H,7-8H2,1H3. The Morgan fingerprint density at radius 1 is 1.38 bits per heavy atom. The molecular weight excluding hydrogens is 171 g/mol. The lowest BCUT2D eigenvalue weighted by molar-refractivity contribution is 0.0408. The normalized spacial score (nSPS) is 15.0. The van der Waals surface area contributed by atoms with Crippen molar-refractivity contribution in [2.24, 2.45) is 0 Å². The molecule has 72 valence electrons. The molecule has 0 radical (unpaired) electrons. The van der Waals surface area contributed by atoms with Crippen LogP contribution in [0.4, 0.5) is 4.39 Å². The smallest absolute Gasteiger partial charge is 0.164 e. The highest BCUT2D eigenvalue weighted by Crippen LogP contribution is 2.14. The van der Waals surface area contributed by atoms with Crippen molar-refractivity contribution in [3.63, 3.8) is 0 Å². The van der Waals surface area contributed by atoms with Crippen LogP contribution in [0.25, 0.3) is 0 Å². The van der Waals surface area contributed by atoms with Crippen LogP contribution in [0, 0.1) is 0 Å². The number of hydrogen-bond donors (Lipinski definition) is 1. The number of para-hydroxylation sites is 1. The van der Waals surface area contributed by atoms with Crippen molar-refractivity contribution in [2.75, 3.05) is 13.2 Å². The highest BCUT2D eigenvalue weighted by molar-refractivity contribution is 5.21. The second-order valence-corrected chi connectivity index (χ2v) is 3.17. The van der Waals surface area contributed by atoms with E-state index in [0.29, 0.717) is 5.75 Å². The lowest BCUT2D eigenvalue weighted by atomic mass is 10.2. The first-order chi connectivity index (χ1) is 6.14. The predicted octanol–water partition coefficient (Wildman–Crippen LogP) is 1.79. The van der Waals surface area contributed by atoms with Crippen LogP contribution in [0.3, 0.4) is 0 Å². The van der Waals surface area contributed by atoms with Crippen molar-refractivity contribution in [2.45, 2.75) is 12.6 Å². The van der Waals surface area contributed by atoms with Gasteiger partial charge in [0, 0.05) is 0 Å². The zero-order valence-corrected chi connectivity index (χ0v) is 7.53. The van der Waals surface area contributed by atoms with Gasteiger partial charge < -0.3 is 9.84 Å². The fourth-order valence-corrected chi connectivity index (χ4v) is 0.796. The van der Waals surface area contributed by atoms with E-state index < -0.39 is 12.3 Å². The molecule has 0 aliphatic rings. The molecule has 13 heavy (non-hydrogen) atoms. The number of ether oxygens (including phenoxy) is 1. The molecular formula is C10H13FO2. The zero-order valence-electron chi connectivity index (χ0n) is 7.53. The lowest BCUT2D eigenvalue weighted by Crippen LogP contribution is -2.31.